The van der Waals surface area contributed by atoms with Crippen molar-refractivity contribution in [2.24, 2.45) is 7.05 Å². The maximum Gasteiger partial charge on any atom is 0.280 e. The van der Waals surface area contributed by atoms with Crippen LogP contribution in [0.25, 0.3) is 0 Å². The summed E-state index contributed by atoms with van der Waals surface area (Å²) < 4.78 is 7.77. The molecule has 0 aromatic carbocycles. The number of hydrogen-bond acceptors (Lipinski definition) is 1. The molecule has 1 N–H and O–H groups in total. The van der Waals surface area contributed by atoms with Crippen LogP contribution in [0.15, 0.2) is 12.4 Å². The lowest BCUT2D eigenvalue weighted by molar-refractivity contribution is -0.680. The van der Waals surface area contributed by atoms with E-state index in [1.807, 2.05) is 19.4 Å². The second-order valence-corrected chi connectivity index (χ2v) is 6.46. The fourth-order valence-electron chi connectivity index (χ4n) is 2.79. The number of ether oxygens (including phenoxy) is 1. The second-order valence-electron chi connectivity index (χ2n) is 6.46. The average Bonchev–Trinajstić information content (AvgIpc) is 2.93. The highest BCUT2D eigenvalue weighted by Crippen LogP contribution is 2.11. The maximum absolute atomic E-state index is 5.70. The summed E-state index contributed by atoms with van der Waals surface area (Å²) >= 11 is 0. The molecule has 0 saturated heterocycles. The van der Waals surface area contributed by atoms with Crippen LogP contribution in [0.3, 0.4) is 0 Å². The summed E-state index contributed by atoms with van der Waals surface area (Å²) in [7, 11) is 2.04. The summed E-state index contributed by atoms with van der Waals surface area (Å²) in [5.74, 6) is 1.14. The van der Waals surface area contributed by atoms with Crippen LogP contribution in [-0.4, -0.2) is 11.6 Å². The van der Waals surface area contributed by atoms with E-state index in [4.69, 9.17) is 4.74 Å². The van der Waals surface area contributed by atoms with E-state index in [1.165, 1.54) is 77.0 Å². The molecule has 0 amide bonds. The van der Waals surface area contributed by atoms with Gasteiger partial charge in [0.15, 0.2) is 0 Å². The summed E-state index contributed by atoms with van der Waals surface area (Å²) in [6.07, 6.45) is 20.7. The molecular weight excluding hydrogens is 272 g/mol. The molecule has 0 aliphatic carbocycles. The third kappa shape index (κ3) is 9.99. The molecule has 0 radical (unpaired) electrons. The van der Waals surface area contributed by atoms with Crippen molar-refractivity contribution in [2.75, 3.05) is 6.61 Å². The molecule has 3 heteroatoms. The molecule has 0 aliphatic rings. The van der Waals surface area contributed by atoms with Gasteiger partial charge in [-0.15, -0.1) is 0 Å². The van der Waals surface area contributed by atoms with E-state index in [1.54, 1.807) is 0 Å². The third-order valence-electron chi connectivity index (χ3n) is 4.35. The van der Waals surface area contributed by atoms with Gasteiger partial charge in [0.25, 0.3) is 5.82 Å². The smallest absolute Gasteiger partial charge is 0.280 e. The SMILES string of the molecule is CCCCCCCCCCCCCCOCc1[nH]cc[n+]1C. The first-order valence-corrected chi connectivity index (χ1v) is 9.44. The fourth-order valence-corrected chi connectivity index (χ4v) is 2.79. The average molecular weight is 310 g/mol. The van der Waals surface area contributed by atoms with E-state index >= 15 is 0 Å². The van der Waals surface area contributed by atoms with E-state index in [-0.39, 0.29) is 0 Å². The summed E-state index contributed by atoms with van der Waals surface area (Å²) in [5.41, 5.74) is 0. The first-order chi connectivity index (χ1) is 10.8. The molecule has 1 heterocycles. The number of rotatable bonds is 15. The van der Waals surface area contributed by atoms with Gasteiger partial charge in [-0.05, 0) is 6.42 Å². The molecule has 0 atom stereocenters. The lowest BCUT2D eigenvalue weighted by Crippen LogP contribution is -2.30. The zero-order chi connectivity index (χ0) is 15.9. The van der Waals surface area contributed by atoms with Crippen LogP contribution in [0.4, 0.5) is 0 Å². The minimum absolute atomic E-state index is 0.696. The summed E-state index contributed by atoms with van der Waals surface area (Å²) in [6, 6.07) is 0. The number of nitrogens with one attached hydrogen (secondary N) is 1. The van der Waals surface area contributed by atoms with Crippen molar-refractivity contribution in [1.82, 2.24) is 4.98 Å². The van der Waals surface area contributed by atoms with Crippen molar-refractivity contribution in [1.29, 1.82) is 0 Å². The Kier molecular flexibility index (Phi) is 12.1. The first kappa shape index (κ1) is 19.2. The highest BCUT2D eigenvalue weighted by atomic mass is 16.5. The Morgan fingerprint density at radius 1 is 0.864 bits per heavy atom. The zero-order valence-corrected chi connectivity index (χ0v) is 14.9. The van der Waals surface area contributed by atoms with Gasteiger partial charge in [0.1, 0.15) is 19.0 Å². The predicted octanol–water partition coefficient (Wildman–Crippen LogP) is 5.06. The van der Waals surface area contributed by atoms with E-state index in [2.05, 4.69) is 16.5 Å². The molecule has 1 aromatic heterocycles. The van der Waals surface area contributed by atoms with Crippen LogP contribution in [0, 0.1) is 0 Å². The van der Waals surface area contributed by atoms with Crippen molar-refractivity contribution < 1.29 is 9.30 Å². The van der Waals surface area contributed by atoms with Gasteiger partial charge in [0.05, 0.1) is 7.05 Å². The number of aryl methyl sites for hydroxylation is 1. The lowest BCUT2D eigenvalue weighted by Gasteiger charge is -2.03. The topological polar surface area (TPSA) is 28.9 Å². The van der Waals surface area contributed by atoms with E-state index < -0.39 is 0 Å². The van der Waals surface area contributed by atoms with Crippen LogP contribution in [-0.2, 0) is 18.4 Å². The van der Waals surface area contributed by atoms with Crippen LogP contribution in [0.2, 0.25) is 0 Å². The normalized spacial score (nSPS) is 11.2. The number of unbranched alkanes of at least 4 members (excludes halogenated alkanes) is 11. The number of aromatic amines is 1. The highest BCUT2D eigenvalue weighted by molar-refractivity contribution is 4.73. The Morgan fingerprint density at radius 2 is 1.41 bits per heavy atom. The molecule has 0 aliphatic heterocycles. The van der Waals surface area contributed by atoms with Crippen molar-refractivity contribution >= 4 is 0 Å². The molecule has 0 bridgehead atoms. The highest BCUT2D eigenvalue weighted by Gasteiger charge is 2.05. The number of aromatic nitrogens is 2. The first-order valence-electron chi connectivity index (χ1n) is 9.44. The van der Waals surface area contributed by atoms with Crippen LogP contribution in [0.1, 0.15) is 89.8 Å². The van der Waals surface area contributed by atoms with Crippen molar-refractivity contribution in [3.8, 4) is 0 Å². The number of imidazole rings is 1. The monoisotopic (exact) mass is 309 g/mol. The van der Waals surface area contributed by atoms with Crippen molar-refractivity contribution in [3.05, 3.63) is 18.2 Å². The Morgan fingerprint density at radius 3 is 1.91 bits per heavy atom. The molecule has 0 saturated carbocycles. The molecular formula is C19H37N2O+. The van der Waals surface area contributed by atoms with Crippen molar-refractivity contribution in [2.45, 2.75) is 90.6 Å². The Balaban J connectivity index is 1.74. The standard InChI is InChI=1S/C19H36N2O/c1-3-4-5-6-7-8-9-10-11-12-13-14-17-22-18-19-20-15-16-21(19)2/h15-16H,3-14,17-18H2,1-2H3/p+1. The van der Waals surface area contributed by atoms with Gasteiger partial charge in [0.2, 0.25) is 0 Å². The maximum atomic E-state index is 5.70. The lowest BCUT2D eigenvalue weighted by atomic mass is 10.1. The minimum atomic E-state index is 0.696. The summed E-state index contributed by atoms with van der Waals surface area (Å²) in [6.45, 7) is 3.86. The van der Waals surface area contributed by atoms with Crippen LogP contribution < -0.4 is 4.57 Å². The molecule has 0 unspecified atom stereocenters. The second kappa shape index (κ2) is 13.8. The molecule has 0 spiro atoms. The number of nitrogens with zero attached hydrogens (tertiary/aromatic N) is 1. The number of hydrogen-bond donors (Lipinski definition) is 1. The third-order valence-corrected chi connectivity index (χ3v) is 4.35. The van der Waals surface area contributed by atoms with Gasteiger partial charge in [-0.25, -0.2) is 9.55 Å². The van der Waals surface area contributed by atoms with Gasteiger partial charge in [-0.1, -0.05) is 77.6 Å². The summed E-state index contributed by atoms with van der Waals surface area (Å²) in [4.78, 5) is 3.19. The number of H-pyrrole nitrogens is 1. The quantitative estimate of drug-likeness (QED) is 0.356. The van der Waals surface area contributed by atoms with E-state index in [0.717, 1.165) is 12.4 Å². The van der Waals surface area contributed by atoms with Gasteiger partial charge in [0, 0.05) is 6.61 Å². The molecule has 128 valence electrons. The molecule has 1 aromatic rings. The Labute approximate surface area is 137 Å². The molecule has 3 nitrogen and oxygen atoms in total. The van der Waals surface area contributed by atoms with E-state index in [9.17, 15) is 0 Å². The molecule has 1 rings (SSSR count). The van der Waals surface area contributed by atoms with Gasteiger partial charge < -0.3 is 4.74 Å². The van der Waals surface area contributed by atoms with E-state index in [0.29, 0.717) is 6.61 Å². The van der Waals surface area contributed by atoms with Gasteiger partial charge in [-0.2, -0.15) is 0 Å². The van der Waals surface area contributed by atoms with Gasteiger partial charge >= 0.3 is 0 Å². The molecule has 0 fully saturated rings. The minimum Gasteiger partial charge on any atom is -0.369 e. The predicted molar refractivity (Wildman–Crippen MR) is 92.7 cm³/mol. The summed E-state index contributed by atoms with van der Waals surface area (Å²) in [5, 5.41) is 0. The molecule has 22 heavy (non-hydrogen) atoms. The Bertz CT molecular complexity index is 349. The van der Waals surface area contributed by atoms with Crippen LogP contribution in [0.5, 0.6) is 0 Å². The largest absolute Gasteiger partial charge is 0.369 e. The fraction of sp³-hybridized carbons (Fsp3) is 0.842. The van der Waals surface area contributed by atoms with Gasteiger partial charge in [-0.3, -0.25) is 0 Å². The van der Waals surface area contributed by atoms with Crippen LogP contribution >= 0.6 is 0 Å². The Hall–Kier alpha value is -0.830. The van der Waals surface area contributed by atoms with Crippen molar-refractivity contribution in [3.63, 3.8) is 0 Å². The zero-order valence-electron chi connectivity index (χ0n) is 14.9.